The number of rotatable bonds is 7. The third kappa shape index (κ3) is 5.79. The van der Waals surface area contributed by atoms with Gasteiger partial charge in [0.2, 0.25) is 0 Å². The van der Waals surface area contributed by atoms with Crippen molar-refractivity contribution < 1.29 is 19.5 Å². The summed E-state index contributed by atoms with van der Waals surface area (Å²) in [6, 6.07) is 8.26. The second-order valence-corrected chi connectivity index (χ2v) is 8.24. The summed E-state index contributed by atoms with van der Waals surface area (Å²) in [5.41, 5.74) is 3.13. The number of morpholine rings is 1. The fraction of sp³-hybridized carbons (Fsp3) is 0.591. The number of hydrogen-bond donors (Lipinski definition) is 1. The van der Waals surface area contributed by atoms with Gasteiger partial charge in [-0.25, -0.2) is 0 Å². The van der Waals surface area contributed by atoms with Crippen LogP contribution in [0.2, 0.25) is 0 Å². The maximum atomic E-state index is 10.9. The lowest BCUT2D eigenvalue weighted by Crippen LogP contribution is -2.39. The summed E-state index contributed by atoms with van der Waals surface area (Å²) in [5.74, 6) is -0.385. The lowest BCUT2D eigenvalue weighted by atomic mass is 9.93. The van der Waals surface area contributed by atoms with Gasteiger partial charge in [-0.15, -0.1) is 0 Å². The van der Waals surface area contributed by atoms with Gasteiger partial charge >= 0.3 is 5.97 Å². The van der Waals surface area contributed by atoms with Crippen molar-refractivity contribution in [3.8, 4) is 0 Å². The van der Waals surface area contributed by atoms with Gasteiger partial charge < -0.3 is 14.7 Å². The van der Waals surface area contributed by atoms with Gasteiger partial charge in [-0.3, -0.25) is 14.7 Å². The lowest BCUT2D eigenvalue weighted by molar-refractivity contribution is -0.138. The molecule has 162 valence electrons. The first-order valence-electron chi connectivity index (χ1n) is 10.8. The molecule has 1 aromatic rings. The van der Waals surface area contributed by atoms with E-state index in [1.165, 1.54) is 0 Å². The van der Waals surface area contributed by atoms with E-state index in [9.17, 15) is 4.79 Å². The lowest BCUT2D eigenvalue weighted by Gasteiger charge is -2.32. The highest BCUT2D eigenvalue weighted by Gasteiger charge is 2.27. The Labute approximate surface area is 177 Å². The smallest absolute Gasteiger partial charge is 0.303 e. The van der Waals surface area contributed by atoms with Crippen LogP contribution in [0.5, 0.6) is 0 Å². The average Bonchev–Trinajstić information content (AvgIpc) is 3.23. The molecule has 1 aromatic carbocycles. The van der Waals surface area contributed by atoms with Crippen LogP contribution < -0.4 is 0 Å². The highest BCUT2D eigenvalue weighted by atomic mass is 16.6. The van der Waals surface area contributed by atoms with Crippen molar-refractivity contribution in [3.63, 3.8) is 0 Å². The zero-order valence-electron chi connectivity index (χ0n) is 17.3. The second-order valence-electron chi connectivity index (χ2n) is 8.24. The fourth-order valence-electron chi connectivity index (χ4n) is 4.18. The van der Waals surface area contributed by atoms with Gasteiger partial charge in [-0.2, -0.15) is 5.10 Å². The molecule has 1 atom stereocenters. The van der Waals surface area contributed by atoms with Gasteiger partial charge in [0.1, 0.15) is 6.10 Å². The number of ether oxygens (including phenoxy) is 1. The van der Waals surface area contributed by atoms with Crippen molar-refractivity contribution in [2.24, 2.45) is 16.2 Å². The molecule has 30 heavy (non-hydrogen) atoms. The van der Waals surface area contributed by atoms with E-state index in [0.717, 1.165) is 82.0 Å². The molecule has 0 radical (unpaired) electrons. The van der Waals surface area contributed by atoms with Crippen LogP contribution in [0.3, 0.4) is 0 Å². The summed E-state index contributed by atoms with van der Waals surface area (Å²) in [7, 11) is 0. The summed E-state index contributed by atoms with van der Waals surface area (Å²) in [4.78, 5) is 18.9. The first-order valence-corrected chi connectivity index (χ1v) is 10.8. The number of hydrogen-bond acceptors (Lipinski definition) is 7. The standard InChI is InChI=1S/C22H30N4O4/c27-22(28)13-17-5-7-25(8-6-17)16-20-14-21(24-30-20)19-3-1-18(2-4-19)15-23-26-9-11-29-12-10-26/h1-4,15,17,20H,5-14,16H2,(H,27,28). The van der Waals surface area contributed by atoms with Crippen molar-refractivity contribution >= 4 is 17.9 Å². The third-order valence-electron chi connectivity index (χ3n) is 5.97. The monoisotopic (exact) mass is 414 g/mol. The van der Waals surface area contributed by atoms with Crippen LogP contribution in [0.15, 0.2) is 34.5 Å². The molecule has 2 saturated heterocycles. The molecule has 1 unspecified atom stereocenters. The molecule has 0 aliphatic carbocycles. The molecule has 8 nitrogen and oxygen atoms in total. The van der Waals surface area contributed by atoms with Gasteiger partial charge in [0, 0.05) is 19.4 Å². The third-order valence-corrected chi connectivity index (χ3v) is 5.97. The van der Waals surface area contributed by atoms with Crippen LogP contribution in [-0.2, 0) is 14.4 Å². The predicted octanol–water partition coefficient (Wildman–Crippen LogP) is 2.03. The van der Waals surface area contributed by atoms with Crippen LogP contribution in [0.25, 0.3) is 0 Å². The number of oxime groups is 1. The van der Waals surface area contributed by atoms with Crippen molar-refractivity contribution in [2.75, 3.05) is 45.9 Å². The Morgan fingerprint density at radius 3 is 2.60 bits per heavy atom. The molecule has 4 rings (SSSR count). The SMILES string of the molecule is O=C(O)CC1CCN(CC2CC(c3ccc(C=NN4CCOCC4)cc3)=NO2)CC1. The summed E-state index contributed by atoms with van der Waals surface area (Å²) in [5, 5.41) is 19.8. The summed E-state index contributed by atoms with van der Waals surface area (Å²) < 4.78 is 5.33. The molecule has 0 spiro atoms. The van der Waals surface area contributed by atoms with Crippen molar-refractivity contribution in [2.45, 2.75) is 31.8 Å². The van der Waals surface area contributed by atoms with Crippen LogP contribution in [0, 0.1) is 5.92 Å². The van der Waals surface area contributed by atoms with E-state index in [1.807, 2.05) is 11.2 Å². The van der Waals surface area contributed by atoms with E-state index < -0.39 is 5.97 Å². The van der Waals surface area contributed by atoms with Gasteiger partial charge in [-0.05, 0) is 43.0 Å². The second kappa shape index (κ2) is 10.0. The molecule has 3 aliphatic rings. The number of carboxylic acid groups (broad SMARTS) is 1. The molecule has 0 amide bonds. The quantitative estimate of drug-likeness (QED) is 0.687. The molecule has 1 N–H and O–H groups in total. The Bertz CT molecular complexity index is 766. The van der Waals surface area contributed by atoms with Crippen molar-refractivity contribution in [3.05, 3.63) is 35.4 Å². The van der Waals surface area contributed by atoms with Crippen LogP contribution in [0.4, 0.5) is 0 Å². The van der Waals surface area contributed by atoms with Gasteiger partial charge in [0.15, 0.2) is 0 Å². The van der Waals surface area contributed by atoms with Crippen LogP contribution >= 0.6 is 0 Å². The number of carbonyl (C=O) groups is 1. The normalized spacial score (nSPS) is 23.5. The van der Waals surface area contributed by atoms with Crippen molar-refractivity contribution in [1.29, 1.82) is 0 Å². The fourth-order valence-corrected chi connectivity index (χ4v) is 4.18. The molecule has 3 heterocycles. The zero-order chi connectivity index (χ0) is 20.8. The number of hydrazone groups is 1. The molecule has 3 aliphatic heterocycles. The van der Waals surface area contributed by atoms with Gasteiger partial charge in [0.25, 0.3) is 0 Å². The molecule has 0 aromatic heterocycles. The number of nitrogens with zero attached hydrogens (tertiary/aromatic N) is 4. The van der Waals surface area contributed by atoms with E-state index in [4.69, 9.17) is 14.7 Å². The van der Waals surface area contributed by atoms with E-state index in [0.29, 0.717) is 5.92 Å². The highest BCUT2D eigenvalue weighted by Crippen LogP contribution is 2.23. The Morgan fingerprint density at radius 2 is 1.90 bits per heavy atom. The number of carboxylic acids is 1. The first-order chi connectivity index (χ1) is 14.7. The van der Waals surface area contributed by atoms with E-state index >= 15 is 0 Å². The molecule has 8 heteroatoms. The summed E-state index contributed by atoms with van der Waals surface area (Å²) >= 11 is 0. The van der Waals surface area contributed by atoms with E-state index in [1.54, 1.807) is 0 Å². The summed E-state index contributed by atoms with van der Waals surface area (Å²) in [6.45, 7) is 5.85. The number of likely N-dealkylation sites (tertiary alicyclic amines) is 1. The minimum atomic E-state index is -0.691. The molecular weight excluding hydrogens is 384 g/mol. The molecule has 0 saturated carbocycles. The van der Waals surface area contributed by atoms with E-state index in [2.05, 4.69) is 39.4 Å². The Kier molecular flexibility index (Phi) is 6.96. The van der Waals surface area contributed by atoms with E-state index in [-0.39, 0.29) is 12.5 Å². The topological polar surface area (TPSA) is 87.0 Å². The number of benzene rings is 1. The molecular formula is C22H30N4O4. The maximum absolute atomic E-state index is 10.9. The average molecular weight is 415 g/mol. The van der Waals surface area contributed by atoms with Crippen molar-refractivity contribution in [1.82, 2.24) is 9.91 Å². The molecule has 2 fully saturated rings. The Hall–Kier alpha value is -2.45. The van der Waals surface area contributed by atoms with Crippen LogP contribution in [0.1, 0.15) is 36.8 Å². The predicted molar refractivity (Wildman–Crippen MR) is 114 cm³/mol. The maximum Gasteiger partial charge on any atom is 0.303 e. The van der Waals surface area contributed by atoms with Gasteiger partial charge in [0.05, 0.1) is 38.2 Å². The first kappa shape index (κ1) is 20.8. The largest absolute Gasteiger partial charge is 0.481 e. The number of piperidine rings is 1. The Morgan fingerprint density at radius 1 is 1.17 bits per heavy atom. The molecule has 0 bridgehead atoms. The number of aliphatic carboxylic acids is 1. The zero-order valence-corrected chi connectivity index (χ0v) is 17.3. The van der Waals surface area contributed by atoms with Gasteiger partial charge in [-0.1, -0.05) is 29.4 Å². The minimum absolute atomic E-state index is 0.0681. The van der Waals surface area contributed by atoms with Crippen LogP contribution in [-0.4, -0.2) is 85.0 Å². The minimum Gasteiger partial charge on any atom is -0.481 e. The Balaban J connectivity index is 1.22. The summed E-state index contributed by atoms with van der Waals surface area (Å²) in [6.07, 6.45) is 4.93. The highest BCUT2D eigenvalue weighted by molar-refractivity contribution is 6.01.